The minimum Gasteiger partial charge on any atom is -0.496 e. The molecule has 0 aliphatic heterocycles. The van der Waals surface area contributed by atoms with E-state index in [1.807, 2.05) is 12.1 Å². The zero-order valence-corrected chi connectivity index (χ0v) is 13.7. The van der Waals surface area contributed by atoms with Crippen molar-refractivity contribution >= 4 is 15.9 Å². The highest BCUT2D eigenvalue weighted by molar-refractivity contribution is 9.10. The van der Waals surface area contributed by atoms with Crippen molar-refractivity contribution in [3.63, 3.8) is 0 Å². The summed E-state index contributed by atoms with van der Waals surface area (Å²) >= 11 is 3.51. The molecule has 0 bridgehead atoms. The van der Waals surface area contributed by atoms with Gasteiger partial charge in [0, 0.05) is 10.5 Å². The summed E-state index contributed by atoms with van der Waals surface area (Å²) in [7, 11) is 1.70. The van der Waals surface area contributed by atoms with E-state index in [4.69, 9.17) is 10.5 Å². The fourth-order valence-electron chi connectivity index (χ4n) is 2.42. The second-order valence-corrected chi connectivity index (χ2v) is 6.04. The molecule has 0 aliphatic rings. The molecule has 0 fully saturated rings. The van der Waals surface area contributed by atoms with Crippen LogP contribution in [-0.4, -0.2) is 7.11 Å². The molecule has 2 rings (SSSR count). The smallest absolute Gasteiger partial charge is 0.122 e. The van der Waals surface area contributed by atoms with Gasteiger partial charge in [-0.05, 0) is 55.2 Å². The number of halogens is 1. The minimum absolute atomic E-state index is 0.0387. The number of ether oxygens (including phenoxy) is 1. The third kappa shape index (κ3) is 3.41. The van der Waals surface area contributed by atoms with Gasteiger partial charge in [-0.3, -0.25) is 0 Å². The lowest BCUT2D eigenvalue weighted by Gasteiger charge is -2.17. The molecule has 0 spiro atoms. The maximum Gasteiger partial charge on any atom is 0.122 e. The molecule has 0 amide bonds. The summed E-state index contributed by atoms with van der Waals surface area (Å²) in [6.07, 6.45) is 0.766. The molecule has 0 saturated carbocycles. The van der Waals surface area contributed by atoms with Crippen LogP contribution in [0.4, 0.5) is 0 Å². The number of benzene rings is 2. The first kappa shape index (κ1) is 15.1. The lowest BCUT2D eigenvalue weighted by Crippen LogP contribution is -2.15. The normalized spacial score (nSPS) is 12.2. The maximum atomic E-state index is 6.39. The van der Waals surface area contributed by atoms with E-state index in [2.05, 4.69) is 54.0 Å². The van der Waals surface area contributed by atoms with Crippen molar-refractivity contribution in [1.82, 2.24) is 0 Å². The van der Waals surface area contributed by atoms with Crippen LogP contribution in [0.25, 0.3) is 0 Å². The molecular formula is C17H20BrNO. The molecule has 20 heavy (non-hydrogen) atoms. The van der Waals surface area contributed by atoms with Gasteiger partial charge in [0.15, 0.2) is 0 Å². The van der Waals surface area contributed by atoms with Crippen molar-refractivity contribution < 1.29 is 4.74 Å². The second-order valence-electron chi connectivity index (χ2n) is 5.13. The van der Waals surface area contributed by atoms with Crippen molar-refractivity contribution in [3.05, 3.63) is 63.1 Å². The van der Waals surface area contributed by atoms with Gasteiger partial charge in [0.05, 0.1) is 7.11 Å². The highest BCUT2D eigenvalue weighted by Crippen LogP contribution is 2.27. The first-order chi connectivity index (χ1) is 9.51. The van der Waals surface area contributed by atoms with Crippen molar-refractivity contribution in [2.75, 3.05) is 7.11 Å². The molecule has 0 radical (unpaired) electrons. The highest BCUT2D eigenvalue weighted by atomic mass is 79.9. The number of aryl methyl sites for hydroxylation is 2. The summed E-state index contributed by atoms with van der Waals surface area (Å²) in [4.78, 5) is 0. The van der Waals surface area contributed by atoms with Crippen LogP contribution in [-0.2, 0) is 6.42 Å². The van der Waals surface area contributed by atoms with Gasteiger partial charge >= 0.3 is 0 Å². The summed E-state index contributed by atoms with van der Waals surface area (Å²) in [5.74, 6) is 0.902. The largest absolute Gasteiger partial charge is 0.496 e. The van der Waals surface area contributed by atoms with E-state index in [1.165, 1.54) is 16.7 Å². The van der Waals surface area contributed by atoms with Crippen LogP contribution < -0.4 is 10.5 Å². The van der Waals surface area contributed by atoms with E-state index in [0.717, 1.165) is 22.2 Å². The summed E-state index contributed by atoms with van der Waals surface area (Å²) in [5, 5.41) is 0. The third-order valence-electron chi connectivity index (χ3n) is 3.52. The predicted octanol–water partition coefficient (Wildman–Crippen LogP) is 4.32. The molecule has 2 aromatic rings. The Morgan fingerprint density at radius 3 is 2.60 bits per heavy atom. The van der Waals surface area contributed by atoms with Gasteiger partial charge in [-0.2, -0.15) is 0 Å². The molecule has 0 heterocycles. The van der Waals surface area contributed by atoms with E-state index in [0.29, 0.717) is 0 Å². The minimum atomic E-state index is -0.0387. The van der Waals surface area contributed by atoms with Crippen molar-refractivity contribution in [2.24, 2.45) is 5.73 Å². The summed E-state index contributed by atoms with van der Waals surface area (Å²) < 4.78 is 6.49. The van der Waals surface area contributed by atoms with Crippen LogP contribution in [0.1, 0.15) is 28.3 Å². The molecule has 2 aromatic carbocycles. The van der Waals surface area contributed by atoms with E-state index in [1.54, 1.807) is 7.11 Å². The van der Waals surface area contributed by atoms with Crippen LogP contribution in [0, 0.1) is 13.8 Å². The first-order valence-electron chi connectivity index (χ1n) is 6.66. The Bertz CT molecular complexity index is 610. The predicted molar refractivity (Wildman–Crippen MR) is 87.2 cm³/mol. The van der Waals surface area contributed by atoms with Crippen molar-refractivity contribution in [2.45, 2.75) is 26.3 Å². The Kier molecular flexibility index (Phi) is 4.84. The standard InChI is InChI=1S/C17H20BrNO/c1-11-4-7-17(20-3)13(8-11)9-16(19)15-10-14(18)6-5-12(15)2/h4-8,10,16H,9,19H2,1-3H3. The van der Waals surface area contributed by atoms with Crippen LogP contribution in [0.15, 0.2) is 40.9 Å². The SMILES string of the molecule is COc1ccc(C)cc1CC(N)c1cc(Br)ccc1C. The fraction of sp³-hybridized carbons (Fsp3) is 0.294. The summed E-state index contributed by atoms with van der Waals surface area (Å²) in [6.45, 7) is 4.17. The zero-order valence-electron chi connectivity index (χ0n) is 12.1. The average molecular weight is 334 g/mol. The number of rotatable bonds is 4. The van der Waals surface area contributed by atoms with Gasteiger partial charge < -0.3 is 10.5 Å². The fourth-order valence-corrected chi connectivity index (χ4v) is 2.80. The molecule has 1 unspecified atom stereocenters. The van der Waals surface area contributed by atoms with E-state index in [-0.39, 0.29) is 6.04 Å². The molecule has 106 valence electrons. The number of hydrogen-bond donors (Lipinski definition) is 1. The van der Waals surface area contributed by atoms with Gasteiger partial charge in [0.2, 0.25) is 0 Å². The Labute approximate surface area is 129 Å². The number of hydrogen-bond acceptors (Lipinski definition) is 2. The van der Waals surface area contributed by atoms with Crippen LogP contribution >= 0.6 is 15.9 Å². The van der Waals surface area contributed by atoms with Gasteiger partial charge in [0.1, 0.15) is 5.75 Å². The van der Waals surface area contributed by atoms with Gasteiger partial charge in [0.25, 0.3) is 0 Å². The Hall–Kier alpha value is -1.32. The van der Waals surface area contributed by atoms with E-state index < -0.39 is 0 Å². The van der Waals surface area contributed by atoms with Crippen molar-refractivity contribution in [1.29, 1.82) is 0 Å². The lowest BCUT2D eigenvalue weighted by atomic mass is 9.95. The van der Waals surface area contributed by atoms with E-state index >= 15 is 0 Å². The molecular weight excluding hydrogens is 314 g/mol. The molecule has 3 heteroatoms. The topological polar surface area (TPSA) is 35.2 Å². The van der Waals surface area contributed by atoms with E-state index in [9.17, 15) is 0 Å². The number of nitrogens with two attached hydrogens (primary N) is 1. The van der Waals surface area contributed by atoms with Crippen molar-refractivity contribution in [3.8, 4) is 5.75 Å². The Morgan fingerprint density at radius 2 is 1.90 bits per heavy atom. The average Bonchev–Trinajstić information content (AvgIpc) is 2.41. The Morgan fingerprint density at radius 1 is 1.15 bits per heavy atom. The maximum absolute atomic E-state index is 6.39. The van der Waals surface area contributed by atoms with Crippen LogP contribution in [0.3, 0.4) is 0 Å². The van der Waals surface area contributed by atoms with Gasteiger partial charge in [-0.1, -0.05) is 39.7 Å². The molecule has 0 aromatic heterocycles. The van der Waals surface area contributed by atoms with Gasteiger partial charge in [-0.25, -0.2) is 0 Å². The summed E-state index contributed by atoms with van der Waals surface area (Å²) in [6, 6.07) is 12.4. The van der Waals surface area contributed by atoms with Crippen LogP contribution in [0.2, 0.25) is 0 Å². The number of methoxy groups -OCH3 is 1. The lowest BCUT2D eigenvalue weighted by molar-refractivity contribution is 0.408. The second kappa shape index (κ2) is 6.42. The monoisotopic (exact) mass is 333 g/mol. The molecule has 0 aliphatic carbocycles. The Balaban J connectivity index is 2.29. The molecule has 1 atom stereocenters. The molecule has 0 saturated heterocycles. The highest BCUT2D eigenvalue weighted by Gasteiger charge is 2.13. The molecule has 2 N–H and O–H groups in total. The first-order valence-corrected chi connectivity index (χ1v) is 7.45. The third-order valence-corrected chi connectivity index (χ3v) is 4.01. The summed E-state index contributed by atoms with van der Waals surface area (Å²) in [5.41, 5.74) is 11.2. The quantitative estimate of drug-likeness (QED) is 0.904. The van der Waals surface area contributed by atoms with Crippen LogP contribution in [0.5, 0.6) is 5.75 Å². The molecule has 2 nitrogen and oxygen atoms in total. The zero-order chi connectivity index (χ0) is 14.7. The van der Waals surface area contributed by atoms with Gasteiger partial charge in [-0.15, -0.1) is 0 Å².